The molecule has 0 bridgehead atoms. The number of carbonyl (C=O) groups excluding carboxylic acids is 1. The average molecular weight is 430 g/mol. The van der Waals surface area contributed by atoms with Crippen molar-refractivity contribution in [3.8, 4) is 0 Å². The van der Waals surface area contributed by atoms with Crippen LogP contribution in [0.1, 0.15) is 50.7 Å². The van der Waals surface area contributed by atoms with Gasteiger partial charge in [0.15, 0.2) is 11.5 Å². The minimum Gasteiger partial charge on any atom is -0.381 e. The van der Waals surface area contributed by atoms with Crippen LogP contribution in [0.2, 0.25) is 0 Å². The van der Waals surface area contributed by atoms with E-state index in [1.165, 1.54) is 12.1 Å². The summed E-state index contributed by atoms with van der Waals surface area (Å²) in [5.41, 5.74) is 6.46. The first-order chi connectivity index (χ1) is 14.8. The number of carbonyl (C=O) groups is 1. The van der Waals surface area contributed by atoms with Crippen LogP contribution in [0.15, 0.2) is 23.2 Å². The van der Waals surface area contributed by atoms with E-state index < -0.39 is 11.0 Å². The van der Waals surface area contributed by atoms with Crippen LogP contribution >= 0.6 is 0 Å². The van der Waals surface area contributed by atoms with Crippen LogP contribution in [0.25, 0.3) is 0 Å². The summed E-state index contributed by atoms with van der Waals surface area (Å²) in [6.07, 6.45) is 4.25. The highest BCUT2D eigenvalue weighted by Crippen LogP contribution is 2.63. The summed E-state index contributed by atoms with van der Waals surface area (Å²) < 4.78 is 26.0. The van der Waals surface area contributed by atoms with Gasteiger partial charge >= 0.3 is 0 Å². The Bertz CT molecular complexity index is 917. The molecule has 7 heteroatoms. The minimum atomic E-state index is -1.17. The van der Waals surface area contributed by atoms with Crippen molar-refractivity contribution in [2.45, 2.75) is 63.7 Å². The van der Waals surface area contributed by atoms with Crippen LogP contribution in [0.3, 0.4) is 0 Å². The third kappa shape index (κ3) is 2.89. The predicted octanol–water partition coefficient (Wildman–Crippen LogP) is 2.98. The van der Waals surface area contributed by atoms with Crippen LogP contribution in [-0.4, -0.2) is 49.2 Å². The number of hydrogen-bond acceptors (Lipinski definition) is 5. The van der Waals surface area contributed by atoms with E-state index in [0.717, 1.165) is 31.2 Å². The topological polar surface area (TPSA) is 77.2 Å². The van der Waals surface area contributed by atoms with Gasteiger partial charge in [0.1, 0.15) is 5.82 Å². The van der Waals surface area contributed by atoms with Gasteiger partial charge in [0.05, 0.1) is 18.8 Å². The normalized spacial score (nSPS) is 39.5. The fourth-order valence-electron chi connectivity index (χ4n) is 7.10. The van der Waals surface area contributed by atoms with Crippen LogP contribution < -0.4 is 5.73 Å². The van der Waals surface area contributed by atoms with Crippen LogP contribution in [0, 0.1) is 23.1 Å². The van der Waals surface area contributed by atoms with Gasteiger partial charge in [-0.2, -0.15) is 0 Å². The molecule has 0 radical (unpaired) electrons. The predicted molar refractivity (Wildman–Crippen MR) is 115 cm³/mol. The third-order valence-corrected chi connectivity index (χ3v) is 8.10. The molecule has 2 aliphatic heterocycles. The average Bonchev–Trinajstić information content (AvgIpc) is 3.37. The Balaban J connectivity index is 1.61. The molecule has 2 unspecified atom stereocenters. The molecule has 1 aromatic rings. The van der Waals surface area contributed by atoms with Crippen molar-refractivity contribution in [2.24, 2.45) is 28.0 Å². The van der Waals surface area contributed by atoms with Gasteiger partial charge in [-0.1, -0.05) is 19.9 Å². The van der Waals surface area contributed by atoms with Crippen molar-refractivity contribution in [1.82, 2.24) is 4.90 Å². The molecule has 2 N–H and O–H groups in total. The van der Waals surface area contributed by atoms with E-state index in [-0.39, 0.29) is 41.7 Å². The largest absolute Gasteiger partial charge is 0.381 e. The summed E-state index contributed by atoms with van der Waals surface area (Å²) in [7, 11) is 1.75. The number of nitrogens with two attached hydrogens (primary N) is 1. The lowest BCUT2D eigenvalue weighted by atomic mass is 9.56. The summed E-state index contributed by atoms with van der Waals surface area (Å²) in [6, 6.07) is 4.81. The third-order valence-electron chi connectivity index (χ3n) is 8.10. The smallest absolute Gasteiger partial charge is 0.262 e. The van der Waals surface area contributed by atoms with Crippen molar-refractivity contribution >= 4 is 11.9 Å². The maximum absolute atomic E-state index is 14.4. The second-order valence-electron chi connectivity index (χ2n) is 10.1. The highest BCUT2D eigenvalue weighted by molar-refractivity contribution is 6.08. The lowest BCUT2D eigenvalue weighted by molar-refractivity contribution is -0.143. The number of ether oxygens (including phenoxy) is 2. The van der Waals surface area contributed by atoms with E-state index in [1.54, 1.807) is 12.0 Å². The number of benzene rings is 1. The molecular formula is C24H32FN3O3. The number of halogens is 1. The molecule has 1 aromatic carbocycles. The molecule has 1 saturated carbocycles. The van der Waals surface area contributed by atoms with Crippen molar-refractivity contribution < 1.29 is 18.7 Å². The second-order valence-corrected chi connectivity index (χ2v) is 10.1. The van der Waals surface area contributed by atoms with Crippen molar-refractivity contribution in [3.63, 3.8) is 0 Å². The van der Waals surface area contributed by atoms with Gasteiger partial charge in [0, 0.05) is 19.1 Å². The first-order valence-electron chi connectivity index (χ1n) is 11.4. The number of fused-ring (bicyclic) bond motifs is 3. The van der Waals surface area contributed by atoms with Crippen LogP contribution in [0.5, 0.6) is 0 Å². The molecule has 2 spiro atoms. The molecule has 4 aliphatic rings. The Hall–Kier alpha value is -1.99. The molecule has 31 heavy (non-hydrogen) atoms. The Morgan fingerprint density at radius 1 is 1.32 bits per heavy atom. The molecule has 6 nitrogen and oxygen atoms in total. The number of hydrogen-bond donors (Lipinski definition) is 1. The van der Waals surface area contributed by atoms with Crippen LogP contribution in [0.4, 0.5) is 4.39 Å². The van der Waals surface area contributed by atoms with Gasteiger partial charge in [0.2, 0.25) is 0 Å². The van der Waals surface area contributed by atoms with E-state index in [4.69, 9.17) is 20.2 Å². The van der Waals surface area contributed by atoms with E-state index in [2.05, 4.69) is 13.8 Å². The number of guanidine groups is 1. The van der Waals surface area contributed by atoms with Gasteiger partial charge in [-0.05, 0) is 67.2 Å². The monoisotopic (exact) mass is 429 g/mol. The Labute approximate surface area is 183 Å². The van der Waals surface area contributed by atoms with E-state index in [1.807, 2.05) is 6.07 Å². The minimum absolute atomic E-state index is 0.0285. The van der Waals surface area contributed by atoms with Gasteiger partial charge in [-0.15, -0.1) is 0 Å². The lowest BCUT2D eigenvalue weighted by Crippen LogP contribution is -2.56. The molecule has 0 aromatic heterocycles. The maximum Gasteiger partial charge on any atom is 0.262 e. The number of methoxy groups -OCH3 is 1. The molecule has 2 heterocycles. The molecule has 5 rings (SSSR count). The van der Waals surface area contributed by atoms with Crippen molar-refractivity contribution in [1.29, 1.82) is 0 Å². The summed E-state index contributed by atoms with van der Waals surface area (Å²) in [5, 5.41) is 0. The fourth-order valence-corrected chi connectivity index (χ4v) is 7.10. The van der Waals surface area contributed by atoms with Gasteiger partial charge in [-0.25, -0.2) is 9.38 Å². The molecule has 2 aliphatic carbocycles. The Morgan fingerprint density at radius 2 is 2.06 bits per heavy atom. The number of rotatable bonds is 3. The number of amides is 1. The van der Waals surface area contributed by atoms with Gasteiger partial charge in [-0.3, -0.25) is 9.69 Å². The van der Waals surface area contributed by atoms with Gasteiger partial charge < -0.3 is 15.2 Å². The molecule has 1 amide bonds. The van der Waals surface area contributed by atoms with E-state index in [9.17, 15) is 9.18 Å². The van der Waals surface area contributed by atoms with Crippen molar-refractivity contribution in [2.75, 3.05) is 20.3 Å². The lowest BCUT2D eigenvalue weighted by Gasteiger charge is -2.50. The highest BCUT2D eigenvalue weighted by atomic mass is 19.1. The standard InChI is InChI=1S/C24H32FN3O3/c1-14-10-23(11-15(2)20(14)30-3)12-16-6-7-17(25)9-19(16)24(23)21(29)28(22(26)27-24)13-18-5-4-8-31-18/h6-7,9,14-15,18,20H,4-5,8,10-13H2,1-3H3,(H2,26,27)/t14-,15+,18-,20?,23?,24+/m0/s1. The first-order valence-corrected chi connectivity index (χ1v) is 11.4. The molecule has 2 fully saturated rings. The summed E-state index contributed by atoms with van der Waals surface area (Å²) in [4.78, 5) is 20.7. The highest BCUT2D eigenvalue weighted by Gasteiger charge is 2.68. The van der Waals surface area contributed by atoms with Crippen molar-refractivity contribution in [3.05, 3.63) is 35.1 Å². The van der Waals surface area contributed by atoms with Crippen LogP contribution in [-0.2, 0) is 26.2 Å². The summed E-state index contributed by atoms with van der Waals surface area (Å²) in [6.45, 7) is 5.47. The SMILES string of the molecule is COC1[C@H](C)CC2(Cc3ccc(F)cc3[C@]23N=C(N)N(C[C@@H]2CCCO2)C3=O)C[C@@H]1C. The van der Waals surface area contributed by atoms with Gasteiger partial charge in [0.25, 0.3) is 5.91 Å². The Kier molecular flexibility index (Phi) is 4.90. The molecule has 168 valence electrons. The zero-order valence-corrected chi connectivity index (χ0v) is 18.6. The molecule has 1 saturated heterocycles. The molecule has 6 atom stereocenters. The fraction of sp³-hybridized carbons (Fsp3) is 0.667. The van der Waals surface area contributed by atoms with E-state index >= 15 is 0 Å². The number of aliphatic imine (C=N–C) groups is 1. The Morgan fingerprint density at radius 3 is 2.71 bits per heavy atom. The maximum atomic E-state index is 14.4. The summed E-state index contributed by atoms with van der Waals surface area (Å²) in [5.74, 6) is 0.259. The molecular weight excluding hydrogens is 397 g/mol. The summed E-state index contributed by atoms with van der Waals surface area (Å²) >= 11 is 0. The zero-order chi connectivity index (χ0) is 22.0. The zero-order valence-electron chi connectivity index (χ0n) is 18.6. The number of nitrogens with zero attached hydrogens (tertiary/aromatic N) is 2. The quantitative estimate of drug-likeness (QED) is 0.801. The first kappa shape index (κ1) is 20.9. The van der Waals surface area contributed by atoms with E-state index in [0.29, 0.717) is 25.1 Å². The second kappa shape index (κ2) is 7.27.